The Hall–Kier alpha value is -1.85. The molecule has 0 radical (unpaired) electrons. The average Bonchev–Trinajstić information content (AvgIpc) is 3.42. The summed E-state index contributed by atoms with van der Waals surface area (Å²) in [5, 5.41) is 0. The van der Waals surface area contributed by atoms with Crippen molar-refractivity contribution in [2.24, 2.45) is 18.9 Å². The molecule has 118 valence electrons. The quantitative estimate of drug-likeness (QED) is 0.914. The van der Waals surface area contributed by atoms with Crippen molar-refractivity contribution in [2.45, 2.75) is 51.5 Å². The zero-order chi connectivity index (χ0) is 15.4. The lowest BCUT2D eigenvalue weighted by atomic mass is 9.97. The molecule has 2 aromatic heterocycles. The molecule has 6 heteroatoms. The molecule has 2 fully saturated rings. The topological polar surface area (TPSA) is 72.7 Å². The Balaban J connectivity index is 1.92. The van der Waals surface area contributed by atoms with Gasteiger partial charge in [0, 0.05) is 19.5 Å². The minimum Gasteiger partial charge on any atom is -0.336 e. The lowest BCUT2D eigenvalue weighted by Gasteiger charge is -2.11. The first-order valence-electron chi connectivity index (χ1n) is 8.31. The summed E-state index contributed by atoms with van der Waals surface area (Å²) in [6, 6.07) is 0. The first-order chi connectivity index (χ1) is 10.6. The Kier molecular flexibility index (Phi) is 3.03. The van der Waals surface area contributed by atoms with Crippen molar-refractivity contribution < 1.29 is 0 Å². The van der Waals surface area contributed by atoms with Gasteiger partial charge in [-0.15, -0.1) is 0 Å². The fourth-order valence-electron chi connectivity index (χ4n) is 3.58. The molecule has 2 saturated carbocycles. The van der Waals surface area contributed by atoms with Crippen LogP contribution >= 0.6 is 0 Å². The van der Waals surface area contributed by atoms with Gasteiger partial charge in [0.2, 0.25) is 0 Å². The Labute approximate surface area is 128 Å². The largest absolute Gasteiger partial charge is 0.336 e. The van der Waals surface area contributed by atoms with Crippen LogP contribution < -0.4 is 11.2 Å². The number of nitrogens with one attached hydrogen (secondary N) is 1. The molecular weight excluding hydrogens is 279 g/mol. The highest BCUT2D eigenvalue weighted by Crippen LogP contribution is 2.53. The first-order valence-corrected chi connectivity index (χ1v) is 8.31. The molecule has 6 nitrogen and oxygen atoms in total. The van der Waals surface area contributed by atoms with E-state index in [-0.39, 0.29) is 11.2 Å². The van der Waals surface area contributed by atoms with Crippen molar-refractivity contribution >= 4 is 11.2 Å². The summed E-state index contributed by atoms with van der Waals surface area (Å²) in [6.45, 7) is 2.61. The van der Waals surface area contributed by atoms with E-state index in [4.69, 9.17) is 4.98 Å². The van der Waals surface area contributed by atoms with Crippen LogP contribution in [-0.4, -0.2) is 19.1 Å². The zero-order valence-electron chi connectivity index (χ0n) is 13.1. The lowest BCUT2D eigenvalue weighted by molar-refractivity contribution is 0.513. The fraction of sp³-hybridized carbons (Fsp3) is 0.688. The summed E-state index contributed by atoms with van der Waals surface area (Å²) in [5.74, 6) is 2.79. The Morgan fingerprint density at radius 2 is 1.86 bits per heavy atom. The van der Waals surface area contributed by atoms with Crippen LogP contribution in [0.15, 0.2) is 9.59 Å². The summed E-state index contributed by atoms with van der Waals surface area (Å²) in [4.78, 5) is 32.7. The van der Waals surface area contributed by atoms with E-state index in [9.17, 15) is 9.59 Å². The maximum Gasteiger partial charge on any atom is 0.332 e. The lowest BCUT2D eigenvalue weighted by Crippen LogP contribution is -2.38. The normalized spacial score (nSPS) is 18.5. The molecule has 0 aromatic carbocycles. The third kappa shape index (κ3) is 2.04. The van der Waals surface area contributed by atoms with Crippen LogP contribution in [0.25, 0.3) is 11.2 Å². The smallest absolute Gasteiger partial charge is 0.332 e. The van der Waals surface area contributed by atoms with Gasteiger partial charge in [-0.3, -0.25) is 13.9 Å². The maximum atomic E-state index is 12.4. The van der Waals surface area contributed by atoms with Crippen molar-refractivity contribution in [1.82, 2.24) is 19.1 Å². The third-order valence-electron chi connectivity index (χ3n) is 5.02. The van der Waals surface area contributed by atoms with Gasteiger partial charge in [0.15, 0.2) is 5.65 Å². The molecule has 0 unspecified atom stereocenters. The molecule has 2 aromatic rings. The van der Waals surface area contributed by atoms with Crippen LogP contribution in [0.2, 0.25) is 0 Å². The molecule has 2 heterocycles. The molecule has 0 atom stereocenters. The van der Waals surface area contributed by atoms with Gasteiger partial charge in [-0.25, -0.2) is 9.78 Å². The van der Waals surface area contributed by atoms with Crippen LogP contribution in [0.5, 0.6) is 0 Å². The SMILES string of the molecule is CCCn1c(=O)n([11CH3])c(=O)c2[nH]c(C(C3CC3)C3CC3)nc21. The van der Waals surface area contributed by atoms with E-state index >= 15 is 0 Å². The first kappa shape index (κ1) is 13.8. The number of imidazole rings is 1. The van der Waals surface area contributed by atoms with Crippen molar-refractivity contribution in [3.05, 3.63) is 26.7 Å². The summed E-state index contributed by atoms with van der Waals surface area (Å²) < 4.78 is 2.82. The van der Waals surface area contributed by atoms with E-state index < -0.39 is 0 Å². The van der Waals surface area contributed by atoms with E-state index in [1.165, 1.54) is 37.3 Å². The van der Waals surface area contributed by atoms with Gasteiger partial charge in [0.05, 0.1) is 0 Å². The summed E-state index contributed by atoms with van der Waals surface area (Å²) in [7, 11) is 1.54. The number of aromatic nitrogens is 4. The minimum atomic E-state index is -0.271. The molecule has 4 rings (SSSR count). The monoisotopic (exact) mass is 301 g/mol. The standard InChI is InChI=1S/C16H22N4O2/c1-3-8-20-14-12(15(21)19(2)16(20)22)17-13(18-14)11(9-4-5-9)10-6-7-10/h9-11H,3-8H2,1-2H3,(H,17,18)/i2-1. The molecule has 0 spiro atoms. The zero-order valence-corrected chi connectivity index (χ0v) is 13.1. The maximum absolute atomic E-state index is 12.4. The number of hydrogen-bond donors (Lipinski definition) is 1. The van der Waals surface area contributed by atoms with Crippen molar-refractivity contribution in [3.63, 3.8) is 0 Å². The highest BCUT2D eigenvalue weighted by molar-refractivity contribution is 5.70. The highest BCUT2D eigenvalue weighted by atomic mass is 16.2. The third-order valence-corrected chi connectivity index (χ3v) is 5.02. The second-order valence-electron chi connectivity index (χ2n) is 6.82. The van der Waals surface area contributed by atoms with E-state index in [0.717, 1.165) is 12.2 Å². The molecule has 2 aliphatic carbocycles. The van der Waals surface area contributed by atoms with Gasteiger partial charge in [0.1, 0.15) is 11.3 Å². The Morgan fingerprint density at radius 1 is 1.23 bits per heavy atom. The number of aromatic amines is 1. The van der Waals surface area contributed by atoms with Crippen molar-refractivity contribution in [1.29, 1.82) is 0 Å². The Morgan fingerprint density at radius 3 is 2.41 bits per heavy atom. The number of nitrogens with zero attached hydrogens (tertiary/aromatic N) is 3. The number of aryl methyl sites for hydroxylation is 1. The van der Waals surface area contributed by atoms with E-state index in [2.05, 4.69) is 4.98 Å². The van der Waals surface area contributed by atoms with Crippen LogP contribution in [0.3, 0.4) is 0 Å². The van der Waals surface area contributed by atoms with Gasteiger partial charge in [-0.1, -0.05) is 6.92 Å². The molecule has 22 heavy (non-hydrogen) atoms. The molecule has 0 aliphatic heterocycles. The second-order valence-corrected chi connectivity index (χ2v) is 6.82. The highest BCUT2D eigenvalue weighted by Gasteiger charge is 2.44. The molecule has 2 aliphatic rings. The van der Waals surface area contributed by atoms with Crippen LogP contribution in [-0.2, 0) is 13.6 Å². The number of fused-ring (bicyclic) bond motifs is 1. The van der Waals surface area contributed by atoms with Gasteiger partial charge in [-0.2, -0.15) is 0 Å². The molecular formula is C16H22N4O2. The molecule has 0 saturated heterocycles. The van der Waals surface area contributed by atoms with Gasteiger partial charge in [0.25, 0.3) is 5.56 Å². The van der Waals surface area contributed by atoms with Crippen LogP contribution in [0.1, 0.15) is 50.8 Å². The van der Waals surface area contributed by atoms with Gasteiger partial charge < -0.3 is 4.98 Å². The minimum absolute atomic E-state index is 0.267. The van der Waals surface area contributed by atoms with Crippen molar-refractivity contribution in [2.75, 3.05) is 0 Å². The predicted molar refractivity (Wildman–Crippen MR) is 84.1 cm³/mol. The summed E-state index contributed by atoms with van der Waals surface area (Å²) >= 11 is 0. The molecule has 0 amide bonds. The fourth-order valence-corrected chi connectivity index (χ4v) is 3.58. The van der Waals surface area contributed by atoms with E-state index in [0.29, 0.717) is 35.5 Å². The molecule has 1 N–H and O–H groups in total. The number of H-pyrrole nitrogens is 1. The summed E-state index contributed by atoms with van der Waals surface area (Å²) in [5.41, 5.74) is 0.483. The number of hydrogen-bond acceptors (Lipinski definition) is 3. The van der Waals surface area contributed by atoms with Crippen LogP contribution in [0.4, 0.5) is 0 Å². The van der Waals surface area contributed by atoms with Crippen LogP contribution in [0, 0.1) is 11.8 Å². The second kappa shape index (κ2) is 4.83. The average molecular weight is 301 g/mol. The predicted octanol–water partition coefficient (Wildman–Crippen LogP) is 1.74. The summed E-state index contributed by atoms with van der Waals surface area (Å²) in [6.07, 6.45) is 5.88. The van der Waals surface area contributed by atoms with Gasteiger partial charge >= 0.3 is 5.69 Å². The Bertz CT molecular complexity index is 824. The van der Waals surface area contributed by atoms with Gasteiger partial charge in [-0.05, 0) is 43.9 Å². The van der Waals surface area contributed by atoms with Crippen molar-refractivity contribution in [3.8, 4) is 0 Å². The molecule has 0 bridgehead atoms. The number of rotatable bonds is 5. The van der Waals surface area contributed by atoms with E-state index in [1.807, 2.05) is 6.92 Å². The van der Waals surface area contributed by atoms with E-state index in [1.54, 1.807) is 4.57 Å².